The van der Waals surface area contributed by atoms with Crippen molar-refractivity contribution in [2.75, 3.05) is 44.9 Å². The van der Waals surface area contributed by atoms with Crippen molar-refractivity contribution in [3.8, 4) is 5.75 Å². The number of methoxy groups -OCH3 is 1. The van der Waals surface area contributed by atoms with Crippen LogP contribution in [0, 0.1) is 6.92 Å². The van der Waals surface area contributed by atoms with Crippen molar-refractivity contribution in [3.63, 3.8) is 0 Å². The van der Waals surface area contributed by atoms with E-state index in [-0.39, 0.29) is 24.0 Å². The summed E-state index contributed by atoms with van der Waals surface area (Å²) in [6, 6.07) is 10.4. The Morgan fingerprint density at radius 3 is 2.47 bits per heavy atom. The number of hydrogen-bond donors (Lipinski definition) is 2. The highest BCUT2D eigenvalue weighted by atomic mass is 127. The van der Waals surface area contributed by atoms with E-state index in [1.165, 1.54) is 0 Å². The van der Waals surface area contributed by atoms with Crippen LogP contribution in [-0.2, 0) is 17.8 Å². The molecule has 0 fully saturated rings. The van der Waals surface area contributed by atoms with Gasteiger partial charge in [-0.2, -0.15) is 0 Å². The number of aromatic nitrogens is 1. The molecule has 2 aromatic rings. The number of aliphatic imine (C=N–C) groups is 1. The van der Waals surface area contributed by atoms with Gasteiger partial charge in [-0.3, -0.25) is 0 Å². The molecule has 0 atom stereocenters. The minimum absolute atomic E-state index is 0. The highest BCUT2D eigenvalue weighted by Crippen LogP contribution is 2.20. The largest absolute Gasteiger partial charge is 0.491 e. The molecule has 2 rings (SSSR count). The fourth-order valence-electron chi connectivity index (χ4n) is 3.11. The third kappa shape index (κ3) is 9.20. The number of aryl methyl sites for hydroxylation is 1. The molecule has 0 amide bonds. The van der Waals surface area contributed by atoms with Crippen molar-refractivity contribution < 1.29 is 9.47 Å². The first-order valence-corrected chi connectivity index (χ1v) is 11.0. The number of rotatable bonds is 12. The molecule has 7 nitrogen and oxygen atoms in total. The third-order valence-corrected chi connectivity index (χ3v) is 4.87. The number of nitrogens with zero attached hydrogens (tertiary/aromatic N) is 3. The van der Waals surface area contributed by atoms with Crippen LogP contribution in [0.1, 0.15) is 37.5 Å². The highest BCUT2D eigenvalue weighted by molar-refractivity contribution is 14.0. The van der Waals surface area contributed by atoms with Crippen molar-refractivity contribution in [3.05, 3.63) is 53.2 Å². The van der Waals surface area contributed by atoms with Gasteiger partial charge in [-0.05, 0) is 51.0 Å². The Labute approximate surface area is 210 Å². The maximum absolute atomic E-state index is 5.89. The van der Waals surface area contributed by atoms with Gasteiger partial charge in [0.2, 0.25) is 0 Å². The number of hydrogen-bond acceptors (Lipinski definition) is 5. The van der Waals surface area contributed by atoms with Gasteiger partial charge in [0.25, 0.3) is 0 Å². The van der Waals surface area contributed by atoms with Crippen LogP contribution in [0.2, 0.25) is 0 Å². The second-order valence-electron chi connectivity index (χ2n) is 7.20. The monoisotopic (exact) mass is 555 g/mol. The van der Waals surface area contributed by atoms with E-state index in [1.807, 2.05) is 6.20 Å². The zero-order chi connectivity index (χ0) is 22.5. The molecule has 1 heterocycles. The molecule has 32 heavy (non-hydrogen) atoms. The number of pyridine rings is 1. The van der Waals surface area contributed by atoms with E-state index >= 15 is 0 Å². The van der Waals surface area contributed by atoms with Gasteiger partial charge < -0.3 is 25.0 Å². The maximum atomic E-state index is 5.89. The molecule has 0 spiro atoms. The molecular formula is C24H38IN5O2. The maximum Gasteiger partial charge on any atom is 0.191 e. The first-order valence-electron chi connectivity index (χ1n) is 11.0. The summed E-state index contributed by atoms with van der Waals surface area (Å²) >= 11 is 0. The van der Waals surface area contributed by atoms with Gasteiger partial charge in [0.1, 0.15) is 18.2 Å². The van der Waals surface area contributed by atoms with Crippen molar-refractivity contribution in [1.82, 2.24) is 15.6 Å². The first kappa shape index (κ1) is 28.0. The van der Waals surface area contributed by atoms with Gasteiger partial charge in [0.15, 0.2) is 5.96 Å². The van der Waals surface area contributed by atoms with Gasteiger partial charge in [-0.15, -0.1) is 24.0 Å². The van der Waals surface area contributed by atoms with Crippen molar-refractivity contribution in [2.24, 2.45) is 4.99 Å². The van der Waals surface area contributed by atoms with Crippen LogP contribution < -0.4 is 20.3 Å². The van der Waals surface area contributed by atoms with Crippen LogP contribution in [0.5, 0.6) is 5.75 Å². The fraction of sp³-hybridized carbons (Fsp3) is 0.500. The highest BCUT2D eigenvalue weighted by Gasteiger charge is 2.07. The summed E-state index contributed by atoms with van der Waals surface area (Å²) in [6.45, 7) is 13.4. The lowest BCUT2D eigenvalue weighted by molar-refractivity contribution is 0.145. The molecule has 0 saturated heterocycles. The van der Waals surface area contributed by atoms with E-state index in [2.05, 4.69) is 78.5 Å². The lowest BCUT2D eigenvalue weighted by Gasteiger charge is -2.19. The van der Waals surface area contributed by atoms with Gasteiger partial charge in [0.05, 0.1) is 13.2 Å². The molecule has 0 bridgehead atoms. The van der Waals surface area contributed by atoms with E-state index < -0.39 is 0 Å². The number of ether oxygens (including phenoxy) is 2. The summed E-state index contributed by atoms with van der Waals surface area (Å²) in [5.41, 5.74) is 3.32. The SMILES string of the molecule is CCNC(=NCc1ccc(N(CC)CC)nc1)NCc1ccc(C)cc1OCCOC.I. The molecule has 178 valence electrons. The minimum Gasteiger partial charge on any atom is -0.491 e. The van der Waals surface area contributed by atoms with E-state index in [9.17, 15) is 0 Å². The van der Waals surface area contributed by atoms with Crippen LogP contribution in [0.3, 0.4) is 0 Å². The molecule has 0 unspecified atom stereocenters. The van der Waals surface area contributed by atoms with Crippen LogP contribution in [0.25, 0.3) is 0 Å². The summed E-state index contributed by atoms with van der Waals surface area (Å²) < 4.78 is 11.0. The molecular weight excluding hydrogens is 517 g/mol. The van der Waals surface area contributed by atoms with Gasteiger partial charge in [-0.1, -0.05) is 18.2 Å². The third-order valence-electron chi connectivity index (χ3n) is 4.87. The topological polar surface area (TPSA) is 71.0 Å². The Hall–Kier alpha value is -2.07. The van der Waals surface area contributed by atoms with Gasteiger partial charge >= 0.3 is 0 Å². The smallest absolute Gasteiger partial charge is 0.191 e. The molecule has 0 aliphatic carbocycles. The Morgan fingerprint density at radius 2 is 1.84 bits per heavy atom. The van der Waals surface area contributed by atoms with Crippen LogP contribution in [0.4, 0.5) is 5.82 Å². The summed E-state index contributed by atoms with van der Waals surface area (Å²) in [7, 11) is 1.67. The summed E-state index contributed by atoms with van der Waals surface area (Å²) in [5, 5.41) is 6.71. The molecule has 0 radical (unpaired) electrons. The average molecular weight is 556 g/mol. The molecule has 1 aromatic heterocycles. The predicted octanol–water partition coefficient (Wildman–Crippen LogP) is 4.13. The summed E-state index contributed by atoms with van der Waals surface area (Å²) in [5.74, 6) is 2.64. The number of anilines is 1. The molecule has 2 N–H and O–H groups in total. The number of benzene rings is 1. The molecule has 0 aliphatic heterocycles. The van der Waals surface area contributed by atoms with Crippen LogP contribution in [-0.4, -0.2) is 50.9 Å². The van der Waals surface area contributed by atoms with Crippen LogP contribution >= 0.6 is 24.0 Å². The predicted molar refractivity (Wildman–Crippen MR) is 143 cm³/mol. The van der Waals surface area contributed by atoms with Crippen molar-refractivity contribution >= 4 is 35.8 Å². The van der Waals surface area contributed by atoms with Crippen molar-refractivity contribution in [1.29, 1.82) is 0 Å². The molecule has 1 aromatic carbocycles. The Balaban J connectivity index is 0.00000512. The fourth-order valence-corrected chi connectivity index (χ4v) is 3.11. The quantitative estimate of drug-likeness (QED) is 0.178. The minimum atomic E-state index is 0. The second-order valence-corrected chi connectivity index (χ2v) is 7.20. The van der Waals surface area contributed by atoms with Gasteiger partial charge in [0, 0.05) is 45.0 Å². The zero-order valence-corrected chi connectivity index (χ0v) is 22.3. The number of guanidine groups is 1. The van der Waals surface area contributed by atoms with Gasteiger partial charge in [-0.25, -0.2) is 9.98 Å². The molecule has 8 heteroatoms. The lowest BCUT2D eigenvalue weighted by Crippen LogP contribution is -2.36. The van der Waals surface area contributed by atoms with E-state index in [4.69, 9.17) is 14.5 Å². The Bertz CT molecular complexity index is 811. The molecule has 0 aliphatic rings. The van der Waals surface area contributed by atoms with E-state index in [1.54, 1.807) is 7.11 Å². The standard InChI is InChI=1S/C24H37N5O2.HI/c1-6-25-24(27-17-20-10-12-23(26-16-20)29(7-2)8-3)28-18-21-11-9-19(4)15-22(21)31-14-13-30-5;/h9-12,15-16H,6-8,13-14,17-18H2,1-5H3,(H2,25,27,28);1H. The first-order chi connectivity index (χ1) is 15.1. The average Bonchev–Trinajstić information content (AvgIpc) is 2.78. The lowest BCUT2D eigenvalue weighted by atomic mass is 10.1. The normalized spacial score (nSPS) is 11.0. The summed E-state index contributed by atoms with van der Waals surface area (Å²) in [4.78, 5) is 11.5. The molecule has 0 saturated carbocycles. The van der Waals surface area contributed by atoms with Crippen LogP contribution in [0.15, 0.2) is 41.5 Å². The van der Waals surface area contributed by atoms with E-state index in [0.717, 1.165) is 53.9 Å². The Kier molecular flexibility index (Phi) is 13.7. The second kappa shape index (κ2) is 15.7. The number of nitrogens with one attached hydrogen (secondary N) is 2. The summed E-state index contributed by atoms with van der Waals surface area (Å²) in [6.07, 6.45) is 1.91. The number of halogens is 1. The Morgan fingerprint density at radius 1 is 1.06 bits per heavy atom. The van der Waals surface area contributed by atoms with E-state index in [0.29, 0.717) is 26.3 Å². The zero-order valence-electron chi connectivity index (χ0n) is 20.0. The van der Waals surface area contributed by atoms with Crippen molar-refractivity contribution in [2.45, 2.75) is 40.8 Å².